The number of halogens is 6. The molecule has 0 saturated heterocycles. The molecule has 0 aliphatic heterocycles. The highest BCUT2D eigenvalue weighted by Gasteiger charge is 2.69. The maximum Gasteiger partial charge on any atom is 0.413 e. The van der Waals surface area contributed by atoms with Gasteiger partial charge >= 0.3 is 12.4 Å². The van der Waals surface area contributed by atoms with Crippen LogP contribution in [0.25, 0.3) is 0 Å². The lowest BCUT2D eigenvalue weighted by Crippen LogP contribution is -2.50. The number of hydrogen-bond acceptors (Lipinski definition) is 1. The number of carbonyl (C=O) groups is 1. The molecule has 0 heterocycles. The molecule has 0 aliphatic carbocycles. The van der Waals surface area contributed by atoms with Crippen molar-refractivity contribution in [2.75, 3.05) is 0 Å². The van der Waals surface area contributed by atoms with Crippen LogP contribution in [0.5, 0.6) is 0 Å². The summed E-state index contributed by atoms with van der Waals surface area (Å²) in [7, 11) is 0. The van der Waals surface area contributed by atoms with Gasteiger partial charge in [-0.1, -0.05) is 39.8 Å². The minimum atomic E-state index is -5.72. The van der Waals surface area contributed by atoms with E-state index in [2.05, 4.69) is 0 Å². The second kappa shape index (κ2) is 5.17. The van der Waals surface area contributed by atoms with E-state index in [0.717, 1.165) is 6.08 Å². The van der Waals surface area contributed by atoms with Crippen molar-refractivity contribution in [3.8, 4) is 0 Å². The molecule has 0 bridgehead atoms. The first-order valence-corrected chi connectivity index (χ1v) is 5.48. The maximum absolute atomic E-state index is 12.6. The number of hydrogen-bond donors (Lipinski definition) is 0. The summed E-state index contributed by atoms with van der Waals surface area (Å²) >= 11 is 0. The highest BCUT2D eigenvalue weighted by atomic mass is 19.4. The molecule has 0 amide bonds. The Labute approximate surface area is 107 Å². The fraction of sp³-hybridized carbons (Fsp3) is 0.750. The average molecular weight is 290 g/mol. The molecular formula is C12H16F6O. The Kier molecular flexibility index (Phi) is 4.89. The highest BCUT2D eigenvalue weighted by Crippen LogP contribution is 2.50. The Hall–Kier alpha value is -1.01. The fourth-order valence-corrected chi connectivity index (χ4v) is 1.11. The minimum absolute atomic E-state index is 0.0874. The first-order chi connectivity index (χ1) is 8.19. The molecule has 7 heteroatoms. The molecule has 0 fully saturated rings. The Balaban J connectivity index is 5.68. The lowest BCUT2D eigenvalue weighted by molar-refractivity contribution is -0.302. The molecule has 0 aromatic heterocycles. The largest absolute Gasteiger partial charge is 0.413 e. The summed E-state index contributed by atoms with van der Waals surface area (Å²) in [5, 5.41) is 0. The molecule has 0 spiro atoms. The monoisotopic (exact) mass is 290 g/mol. The normalized spacial score (nSPS) is 16.7. The van der Waals surface area contributed by atoms with Crippen LogP contribution < -0.4 is 0 Å². The van der Waals surface area contributed by atoms with Gasteiger partial charge < -0.3 is 4.79 Å². The number of alkyl halides is 6. The molecule has 1 nitrogen and oxygen atoms in total. The SMILES string of the molecule is CC(/C=C/C(C=O)(C(F)(F)F)C(F)(F)F)C(C)(C)C. The van der Waals surface area contributed by atoms with Crippen molar-refractivity contribution in [3.63, 3.8) is 0 Å². The van der Waals surface area contributed by atoms with E-state index in [0.29, 0.717) is 0 Å². The molecule has 0 aromatic carbocycles. The van der Waals surface area contributed by atoms with Crippen molar-refractivity contribution in [1.29, 1.82) is 0 Å². The van der Waals surface area contributed by atoms with Gasteiger partial charge in [0.25, 0.3) is 0 Å². The first kappa shape index (κ1) is 18.0. The van der Waals surface area contributed by atoms with Gasteiger partial charge in [-0.25, -0.2) is 0 Å². The molecule has 112 valence electrons. The minimum Gasteiger partial charge on any atom is -0.302 e. The summed E-state index contributed by atoms with van der Waals surface area (Å²) in [5.74, 6) is -0.559. The second-order valence-corrected chi connectivity index (χ2v) is 5.50. The highest BCUT2D eigenvalue weighted by molar-refractivity contribution is 5.66. The van der Waals surface area contributed by atoms with E-state index in [1.54, 1.807) is 20.8 Å². The second-order valence-electron chi connectivity index (χ2n) is 5.50. The number of rotatable bonds is 3. The van der Waals surface area contributed by atoms with Crippen LogP contribution in [-0.2, 0) is 4.79 Å². The average Bonchev–Trinajstić information content (AvgIpc) is 2.12. The Morgan fingerprint density at radius 1 is 0.895 bits per heavy atom. The zero-order chi connectivity index (χ0) is 15.7. The third-order valence-electron chi connectivity index (χ3n) is 3.14. The molecule has 1 unspecified atom stereocenters. The third kappa shape index (κ3) is 3.73. The van der Waals surface area contributed by atoms with Gasteiger partial charge in [0.2, 0.25) is 5.41 Å². The molecular weight excluding hydrogens is 274 g/mol. The zero-order valence-corrected chi connectivity index (χ0v) is 11.0. The van der Waals surface area contributed by atoms with Crippen LogP contribution in [-0.4, -0.2) is 18.6 Å². The van der Waals surface area contributed by atoms with Crippen molar-refractivity contribution >= 4 is 6.29 Å². The van der Waals surface area contributed by atoms with Crippen LogP contribution >= 0.6 is 0 Å². The number of allylic oxidation sites excluding steroid dienone is 2. The van der Waals surface area contributed by atoms with Gasteiger partial charge in [-0.15, -0.1) is 0 Å². The van der Waals surface area contributed by atoms with Crippen molar-refractivity contribution in [2.45, 2.75) is 40.0 Å². The van der Waals surface area contributed by atoms with Crippen LogP contribution in [0.3, 0.4) is 0 Å². The maximum atomic E-state index is 12.6. The van der Waals surface area contributed by atoms with E-state index in [-0.39, 0.29) is 6.08 Å². The van der Waals surface area contributed by atoms with Crippen LogP contribution in [0.2, 0.25) is 0 Å². The summed E-state index contributed by atoms with van der Waals surface area (Å²) in [5.41, 5.74) is -4.96. The van der Waals surface area contributed by atoms with Gasteiger partial charge in [0.05, 0.1) is 0 Å². The number of aldehydes is 1. The molecule has 0 aliphatic rings. The molecule has 0 N–H and O–H groups in total. The Morgan fingerprint density at radius 2 is 1.26 bits per heavy atom. The van der Waals surface area contributed by atoms with Crippen molar-refractivity contribution in [2.24, 2.45) is 16.7 Å². The molecule has 0 radical (unpaired) electrons. The predicted molar refractivity (Wildman–Crippen MR) is 58.4 cm³/mol. The molecule has 0 rings (SSSR count). The lowest BCUT2D eigenvalue weighted by atomic mass is 9.79. The van der Waals surface area contributed by atoms with Crippen molar-refractivity contribution in [1.82, 2.24) is 0 Å². The van der Waals surface area contributed by atoms with Gasteiger partial charge in [0, 0.05) is 0 Å². The first-order valence-electron chi connectivity index (χ1n) is 5.48. The summed E-state index contributed by atoms with van der Waals surface area (Å²) < 4.78 is 75.7. The van der Waals surface area contributed by atoms with Crippen LogP contribution in [0.15, 0.2) is 12.2 Å². The summed E-state index contributed by atoms with van der Waals surface area (Å²) in [4.78, 5) is 10.5. The van der Waals surface area contributed by atoms with Gasteiger partial charge in [0.1, 0.15) is 6.29 Å². The van der Waals surface area contributed by atoms with Gasteiger partial charge in [-0.3, -0.25) is 0 Å². The van der Waals surface area contributed by atoms with E-state index in [1.807, 2.05) is 0 Å². The summed E-state index contributed by atoms with van der Waals surface area (Å²) in [6.07, 6.45) is -11.8. The van der Waals surface area contributed by atoms with Crippen LogP contribution in [0.1, 0.15) is 27.7 Å². The van der Waals surface area contributed by atoms with E-state index in [4.69, 9.17) is 0 Å². The quantitative estimate of drug-likeness (QED) is 0.424. The molecule has 19 heavy (non-hydrogen) atoms. The fourth-order valence-electron chi connectivity index (χ4n) is 1.11. The molecule has 1 atom stereocenters. The molecule has 0 aromatic rings. The topological polar surface area (TPSA) is 17.1 Å². The van der Waals surface area contributed by atoms with Gasteiger partial charge in [-0.2, -0.15) is 26.3 Å². The standard InChI is InChI=1S/C12H16F6O/c1-8(9(2,3)4)5-6-10(7-19,11(13,14)15)12(16,17)18/h5-8H,1-4H3/b6-5+. The lowest BCUT2D eigenvalue weighted by Gasteiger charge is -2.31. The Bertz CT molecular complexity index is 331. The van der Waals surface area contributed by atoms with Crippen LogP contribution in [0, 0.1) is 16.7 Å². The van der Waals surface area contributed by atoms with Gasteiger partial charge in [-0.05, 0) is 11.3 Å². The zero-order valence-electron chi connectivity index (χ0n) is 11.0. The molecule has 0 saturated carbocycles. The van der Waals surface area contributed by atoms with E-state index >= 15 is 0 Å². The van der Waals surface area contributed by atoms with E-state index in [9.17, 15) is 31.1 Å². The van der Waals surface area contributed by atoms with Crippen molar-refractivity contribution in [3.05, 3.63) is 12.2 Å². The Morgan fingerprint density at radius 3 is 1.47 bits per heavy atom. The van der Waals surface area contributed by atoms with Gasteiger partial charge in [0.15, 0.2) is 0 Å². The third-order valence-corrected chi connectivity index (χ3v) is 3.14. The number of carbonyl (C=O) groups excluding carboxylic acids is 1. The smallest absolute Gasteiger partial charge is 0.302 e. The predicted octanol–water partition coefficient (Wildman–Crippen LogP) is 4.53. The van der Waals surface area contributed by atoms with E-state index in [1.165, 1.54) is 6.92 Å². The summed E-state index contributed by atoms with van der Waals surface area (Å²) in [6, 6.07) is 0. The van der Waals surface area contributed by atoms with Crippen LogP contribution in [0.4, 0.5) is 26.3 Å². The van der Waals surface area contributed by atoms with E-state index < -0.39 is 35.4 Å². The summed E-state index contributed by atoms with van der Waals surface area (Å²) in [6.45, 7) is 6.50. The van der Waals surface area contributed by atoms with Crippen molar-refractivity contribution < 1.29 is 31.1 Å².